The first kappa shape index (κ1) is 14.2. The Morgan fingerprint density at radius 3 is 2.58 bits per heavy atom. The Bertz CT molecular complexity index is 541. The van der Waals surface area contributed by atoms with Gasteiger partial charge in [-0.3, -0.25) is 0 Å². The highest BCUT2D eigenvalue weighted by Crippen LogP contribution is 2.29. The zero-order valence-electron chi connectivity index (χ0n) is 12.1. The Balaban J connectivity index is 2.51. The third-order valence-electron chi connectivity index (χ3n) is 3.31. The molecule has 19 heavy (non-hydrogen) atoms. The Kier molecular flexibility index (Phi) is 4.37. The predicted molar refractivity (Wildman–Crippen MR) is 79.6 cm³/mol. The molecule has 2 aromatic rings. The van der Waals surface area contributed by atoms with E-state index in [0.717, 1.165) is 24.5 Å². The average molecular weight is 278 g/mol. The molecule has 2 N–H and O–H groups in total. The molecule has 0 aliphatic rings. The largest absolute Gasteiger partial charge is 0.326 e. The zero-order valence-corrected chi connectivity index (χ0v) is 12.9. The minimum absolute atomic E-state index is 0.00839. The van der Waals surface area contributed by atoms with Crippen molar-refractivity contribution in [2.75, 3.05) is 0 Å². The van der Waals surface area contributed by atoms with Gasteiger partial charge in [0.15, 0.2) is 5.82 Å². The van der Waals surface area contributed by atoms with E-state index >= 15 is 0 Å². The molecule has 0 aliphatic heterocycles. The molecule has 0 bridgehead atoms. The molecular weight excluding hydrogens is 256 g/mol. The summed E-state index contributed by atoms with van der Waals surface area (Å²) in [5, 5.41) is 6.76. The maximum absolute atomic E-state index is 6.22. The number of rotatable bonds is 5. The third-order valence-corrected chi connectivity index (χ3v) is 4.40. The van der Waals surface area contributed by atoms with Crippen molar-refractivity contribution >= 4 is 11.3 Å². The fourth-order valence-corrected chi connectivity index (χ4v) is 3.40. The minimum Gasteiger partial charge on any atom is -0.326 e. The number of nitrogens with two attached hydrogens (primary N) is 1. The standard InChI is InChI=1S/C14H22N4S/c1-5-11-16-12(6-2)18(17-11)13(10(4)15)14-9(3)7-8-19-14/h7-8,10,13H,5-6,15H2,1-4H3. The van der Waals surface area contributed by atoms with Crippen LogP contribution in [-0.4, -0.2) is 20.8 Å². The van der Waals surface area contributed by atoms with Crippen molar-refractivity contribution < 1.29 is 0 Å². The van der Waals surface area contributed by atoms with Gasteiger partial charge in [0.05, 0.1) is 0 Å². The number of hydrogen-bond donors (Lipinski definition) is 1. The highest BCUT2D eigenvalue weighted by molar-refractivity contribution is 7.10. The molecule has 2 unspecified atom stereocenters. The van der Waals surface area contributed by atoms with Crippen molar-refractivity contribution in [2.24, 2.45) is 5.73 Å². The van der Waals surface area contributed by atoms with Gasteiger partial charge in [0.1, 0.15) is 11.9 Å². The molecule has 0 radical (unpaired) electrons. The molecule has 0 spiro atoms. The number of aryl methyl sites for hydroxylation is 3. The zero-order chi connectivity index (χ0) is 14.0. The van der Waals surface area contributed by atoms with E-state index in [1.165, 1.54) is 10.4 Å². The van der Waals surface area contributed by atoms with Crippen LogP contribution in [0, 0.1) is 6.92 Å². The summed E-state index contributed by atoms with van der Waals surface area (Å²) in [5.41, 5.74) is 7.50. The molecule has 0 fully saturated rings. The molecule has 0 saturated carbocycles. The van der Waals surface area contributed by atoms with Crippen molar-refractivity contribution in [2.45, 2.75) is 52.6 Å². The summed E-state index contributed by atoms with van der Waals surface area (Å²) >= 11 is 1.75. The van der Waals surface area contributed by atoms with E-state index < -0.39 is 0 Å². The lowest BCUT2D eigenvalue weighted by Gasteiger charge is -2.22. The van der Waals surface area contributed by atoms with Crippen LogP contribution in [0.15, 0.2) is 11.4 Å². The summed E-state index contributed by atoms with van der Waals surface area (Å²) in [6.07, 6.45) is 1.73. The van der Waals surface area contributed by atoms with Gasteiger partial charge in [-0.1, -0.05) is 13.8 Å². The number of thiophene rings is 1. The molecule has 4 nitrogen and oxygen atoms in total. The fraction of sp³-hybridized carbons (Fsp3) is 0.571. The van der Waals surface area contributed by atoms with Crippen LogP contribution in [0.4, 0.5) is 0 Å². The second-order valence-corrected chi connectivity index (χ2v) is 5.82. The van der Waals surface area contributed by atoms with Gasteiger partial charge >= 0.3 is 0 Å². The maximum Gasteiger partial charge on any atom is 0.150 e. The van der Waals surface area contributed by atoms with Crippen LogP contribution in [0.5, 0.6) is 0 Å². The smallest absolute Gasteiger partial charge is 0.150 e. The Labute approximate surface area is 118 Å². The molecule has 2 atom stereocenters. The van der Waals surface area contributed by atoms with Gasteiger partial charge in [-0.05, 0) is 30.9 Å². The molecule has 0 aliphatic carbocycles. The predicted octanol–water partition coefficient (Wildman–Crippen LogP) is 2.71. The first-order valence-corrected chi connectivity index (χ1v) is 7.70. The van der Waals surface area contributed by atoms with Crippen LogP contribution in [0.3, 0.4) is 0 Å². The van der Waals surface area contributed by atoms with E-state index in [9.17, 15) is 0 Å². The molecule has 5 heteroatoms. The molecule has 2 rings (SSSR count). The van der Waals surface area contributed by atoms with Gasteiger partial charge in [0.25, 0.3) is 0 Å². The minimum atomic E-state index is 0.00839. The Morgan fingerprint density at radius 2 is 2.11 bits per heavy atom. The average Bonchev–Trinajstić information content (AvgIpc) is 2.97. The monoisotopic (exact) mass is 278 g/mol. The molecule has 2 heterocycles. The maximum atomic E-state index is 6.22. The fourth-order valence-electron chi connectivity index (χ4n) is 2.28. The normalized spacial score (nSPS) is 14.6. The van der Waals surface area contributed by atoms with Gasteiger partial charge in [-0.15, -0.1) is 11.3 Å². The van der Waals surface area contributed by atoms with E-state index in [1.54, 1.807) is 11.3 Å². The van der Waals surface area contributed by atoms with Crippen molar-refractivity contribution in [1.29, 1.82) is 0 Å². The molecule has 0 saturated heterocycles. The van der Waals surface area contributed by atoms with Crippen molar-refractivity contribution in [3.63, 3.8) is 0 Å². The molecule has 2 aromatic heterocycles. The second-order valence-electron chi connectivity index (χ2n) is 4.87. The quantitative estimate of drug-likeness (QED) is 0.915. The van der Waals surface area contributed by atoms with Crippen LogP contribution >= 0.6 is 11.3 Å². The second kappa shape index (κ2) is 5.84. The first-order chi connectivity index (χ1) is 9.08. The van der Waals surface area contributed by atoms with Gasteiger partial charge in [0.2, 0.25) is 0 Å². The SMILES string of the molecule is CCc1nc(CC)n(C(c2sccc2C)C(C)N)n1. The van der Waals surface area contributed by atoms with E-state index in [4.69, 9.17) is 5.73 Å². The summed E-state index contributed by atoms with van der Waals surface area (Å²) in [4.78, 5) is 5.88. The van der Waals surface area contributed by atoms with E-state index in [0.29, 0.717) is 0 Å². The summed E-state index contributed by atoms with van der Waals surface area (Å²) < 4.78 is 2.03. The topological polar surface area (TPSA) is 56.7 Å². The van der Waals surface area contributed by atoms with Crippen molar-refractivity contribution in [3.8, 4) is 0 Å². The highest BCUT2D eigenvalue weighted by Gasteiger charge is 2.25. The van der Waals surface area contributed by atoms with Crippen LogP contribution in [0.2, 0.25) is 0 Å². The van der Waals surface area contributed by atoms with Crippen LogP contribution in [0.25, 0.3) is 0 Å². The van der Waals surface area contributed by atoms with Crippen molar-refractivity contribution in [3.05, 3.63) is 33.5 Å². The lowest BCUT2D eigenvalue weighted by atomic mass is 10.1. The van der Waals surface area contributed by atoms with Crippen LogP contribution in [-0.2, 0) is 12.8 Å². The Morgan fingerprint density at radius 1 is 1.37 bits per heavy atom. The van der Waals surface area contributed by atoms with E-state index in [1.807, 2.05) is 11.6 Å². The summed E-state index contributed by atoms with van der Waals surface area (Å²) in [7, 11) is 0. The van der Waals surface area contributed by atoms with Crippen molar-refractivity contribution in [1.82, 2.24) is 14.8 Å². The molecule has 104 valence electrons. The Hall–Kier alpha value is -1.20. The molecule has 0 amide bonds. The van der Waals surface area contributed by atoms with Gasteiger partial charge in [-0.2, -0.15) is 5.10 Å². The summed E-state index contributed by atoms with van der Waals surface area (Å²) in [5.74, 6) is 1.92. The lowest BCUT2D eigenvalue weighted by Crippen LogP contribution is -2.32. The van der Waals surface area contributed by atoms with E-state index in [2.05, 4.69) is 42.3 Å². The highest BCUT2D eigenvalue weighted by atomic mass is 32.1. The number of nitrogens with zero attached hydrogens (tertiary/aromatic N) is 3. The van der Waals surface area contributed by atoms with E-state index in [-0.39, 0.29) is 12.1 Å². The van der Waals surface area contributed by atoms with Gasteiger partial charge < -0.3 is 5.73 Å². The van der Waals surface area contributed by atoms with Crippen LogP contribution in [0.1, 0.15) is 48.9 Å². The van der Waals surface area contributed by atoms with Gasteiger partial charge in [-0.25, -0.2) is 9.67 Å². The third kappa shape index (κ3) is 2.72. The summed E-state index contributed by atoms with van der Waals surface area (Å²) in [6, 6.07) is 2.23. The van der Waals surface area contributed by atoms with Gasteiger partial charge in [0, 0.05) is 23.8 Å². The number of aromatic nitrogens is 3. The molecular formula is C14H22N4S. The number of hydrogen-bond acceptors (Lipinski definition) is 4. The molecule has 0 aromatic carbocycles. The lowest BCUT2D eigenvalue weighted by molar-refractivity contribution is 0.441. The first-order valence-electron chi connectivity index (χ1n) is 6.82. The summed E-state index contributed by atoms with van der Waals surface area (Å²) in [6.45, 7) is 8.36. The van der Waals surface area contributed by atoms with Crippen LogP contribution < -0.4 is 5.73 Å².